The second-order valence-corrected chi connectivity index (χ2v) is 8.21. The molecule has 2 aromatic rings. The summed E-state index contributed by atoms with van der Waals surface area (Å²) in [5.74, 6) is -0.626. The molecule has 1 aromatic carbocycles. The predicted octanol–water partition coefficient (Wildman–Crippen LogP) is 5.44. The maximum atomic E-state index is 13.4. The Labute approximate surface area is 185 Å². The number of methoxy groups -OCH3 is 1. The van der Waals surface area contributed by atoms with E-state index in [1.54, 1.807) is 4.90 Å². The maximum Gasteiger partial charge on any atom is 0.326 e. The number of para-hydroxylation sites is 1. The zero-order chi connectivity index (χ0) is 23.4. The number of benzene rings is 1. The molecule has 2 amide bonds. The van der Waals surface area contributed by atoms with Crippen molar-refractivity contribution in [3.8, 4) is 5.75 Å². The Morgan fingerprint density at radius 3 is 2.56 bits per heavy atom. The van der Waals surface area contributed by atoms with E-state index in [1.165, 1.54) is 7.11 Å². The zero-order valence-electron chi connectivity index (χ0n) is 18.2. The van der Waals surface area contributed by atoms with Crippen LogP contribution in [0.25, 0.3) is 0 Å². The van der Waals surface area contributed by atoms with E-state index in [1.807, 2.05) is 38.1 Å². The smallest absolute Gasteiger partial charge is 0.326 e. The number of nitrogens with one attached hydrogen (secondary N) is 1. The fraction of sp³-hybridized carbons (Fsp3) is 0.435. The predicted molar refractivity (Wildman–Crippen MR) is 117 cm³/mol. The number of carboxylic acid groups (broad SMARTS) is 1. The van der Waals surface area contributed by atoms with Gasteiger partial charge in [0.05, 0.1) is 13.3 Å². The monoisotopic (exact) mass is 447 g/mol. The third kappa shape index (κ3) is 5.15. The number of anilines is 2. The lowest BCUT2D eigenvalue weighted by Crippen LogP contribution is -2.50. The van der Waals surface area contributed by atoms with E-state index in [2.05, 4.69) is 10.3 Å². The van der Waals surface area contributed by atoms with Crippen molar-refractivity contribution in [2.75, 3.05) is 17.3 Å². The molecule has 1 aromatic heterocycles. The molecule has 32 heavy (non-hydrogen) atoms. The molecule has 0 atom stereocenters. The molecule has 1 fully saturated rings. The molecule has 0 bridgehead atoms. The van der Waals surface area contributed by atoms with E-state index in [0.29, 0.717) is 12.8 Å². The second kappa shape index (κ2) is 9.93. The molecule has 1 aliphatic rings. The molecule has 3 rings (SSSR count). The van der Waals surface area contributed by atoms with Gasteiger partial charge in [0.15, 0.2) is 0 Å². The van der Waals surface area contributed by atoms with Crippen LogP contribution in [0.2, 0.25) is 0 Å². The molecule has 1 saturated carbocycles. The van der Waals surface area contributed by atoms with Crippen molar-refractivity contribution in [2.45, 2.75) is 51.5 Å². The van der Waals surface area contributed by atoms with E-state index in [9.17, 15) is 18.4 Å². The topological polar surface area (TPSA) is 91.8 Å². The molecule has 0 spiro atoms. The molecule has 1 heterocycles. The Morgan fingerprint density at radius 1 is 1.28 bits per heavy atom. The summed E-state index contributed by atoms with van der Waals surface area (Å²) >= 11 is 0. The van der Waals surface area contributed by atoms with Crippen molar-refractivity contribution < 1.29 is 28.2 Å². The van der Waals surface area contributed by atoms with Gasteiger partial charge in [-0.1, -0.05) is 32.0 Å². The van der Waals surface area contributed by atoms with Gasteiger partial charge in [-0.3, -0.25) is 14.7 Å². The van der Waals surface area contributed by atoms with E-state index >= 15 is 0 Å². The van der Waals surface area contributed by atoms with Gasteiger partial charge >= 0.3 is 12.0 Å². The zero-order valence-corrected chi connectivity index (χ0v) is 18.2. The van der Waals surface area contributed by atoms with Gasteiger partial charge in [0, 0.05) is 24.2 Å². The first-order valence-electron chi connectivity index (χ1n) is 10.4. The quantitative estimate of drug-likeness (QED) is 0.562. The van der Waals surface area contributed by atoms with Crippen LogP contribution >= 0.6 is 0 Å². The third-order valence-corrected chi connectivity index (χ3v) is 5.65. The van der Waals surface area contributed by atoms with Crippen molar-refractivity contribution >= 4 is 23.4 Å². The lowest BCUT2D eigenvalue weighted by atomic mass is 9.77. The van der Waals surface area contributed by atoms with Crippen LogP contribution in [-0.4, -0.2) is 35.2 Å². The van der Waals surface area contributed by atoms with E-state index in [-0.39, 0.29) is 35.7 Å². The van der Waals surface area contributed by atoms with Crippen LogP contribution in [-0.2, 0) is 4.79 Å². The van der Waals surface area contributed by atoms with Gasteiger partial charge in [-0.25, -0.2) is 13.6 Å². The summed E-state index contributed by atoms with van der Waals surface area (Å²) in [5.41, 5.74) is 1.44. The van der Waals surface area contributed by atoms with Crippen LogP contribution in [0.3, 0.4) is 0 Å². The Morgan fingerprint density at radius 2 is 1.97 bits per heavy atom. The number of aliphatic carboxylic acids is 1. The normalized spacial score (nSPS) is 17.7. The number of aromatic nitrogens is 1. The van der Waals surface area contributed by atoms with Crippen molar-refractivity contribution in [1.29, 1.82) is 0 Å². The highest BCUT2D eigenvalue weighted by Crippen LogP contribution is 2.40. The first-order valence-corrected chi connectivity index (χ1v) is 10.4. The summed E-state index contributed by atoms with van der Waals surface area (Å²) < 4.78 is 31.1. The number of amides is 2. The largest absolute Gasteiger partial charge is 0.494 e. The Kier molecular flexibility index (Phi) is 7.27. The van der Waals surface area contributed by atoms with Crippen molar-refractivity contribution in [3.05, 3.63) is 47.8 Å². The molecule has 1 aliphatic carbocycles. The molecule has 0 radical (unpaired) electrons. The SMILES string of the molecule is COc1cc(C(F)F)ncc1NC(=O)N(c1ccccc1C(C)C)C1CC(CC(=O)O)C1. The van der Waals surface area contributed by atoms with Gasteiger partial charge in [0.1, 0.15) is 17.1 Å². The van der Waals surface area contributed by atoms with Gasteiger partial charge in [-0.2, -0.15) is 0 Å². The number of ether oxygens (including phenoxy) is 1. The van der Waals surface area contributed by atoms with E-state index in [4.69, 9.17) is 9.84 Å². The summed E-state index contributed by atoms with van der Waals surface area (Å²) in [5, 5.41) is 11.8. The number of rotatable bonds is 8. The molecular formula is C23H27F2N3O4. The van der Waals surface area contributed by atoms with E-state index in [0.717, 1.165) is 23.5 Å². The van der Waals surface area contributed by atoms with Gasteiger partial charge in [0.2, 0.25) is 0 Å². The van der Waals surface area contributed by atoms with Crippen LogP contribution in [0.4, 0.5) is 25.0 Å². The minimum atomic E-state index is -2.76. The number of halogens is 2. The molecule has 172 valence electrons. The second-order valence-electron chi connectivity index (χ2n) is 8.21. The first kappa shape index (κ1) is 23.4. The number of carboxylic acids is 1. The van der Waals surface area contributed by atoms with Crippen LogP contribution in [0.1, 0.15) is 56.7 Å². The average molecular weight is 447 g/mol. The third-order valence-electron chi connectivity index (χ3n) is 5.65. The minimum Gasteiger partial charge on any atom is -0.494 e. The fourth-order valence-electron chi connectivity index (χ4n) is 4.00. The minimum absolute atomic E-state index is 0.000500. The standard InChI is InChI=1S/C23H27F2N3O4/c1-13(2)16-6-4-5-7-19(16)28(15-8-14(9-15)10-21(29)30)23(31)27-18-12-26-17(22(24)25)11-20(18)32-3/h4-7,11-15,22H,8-10H2,1-3H3,(H,27,31)(H,29,30). The van der Waals surface area contributed by atoms with Crippen LogP contribution in [0.15, 0.2) is 36.5 Å². The van der Waals surface area contributed by atoms with Crippen molar-refractivity contribution in [3.63, 3.8) is 0 Å². The average Bonchev–Trinajstić information content (AvgIpc) is 2.72. The van der Waals surface area contributed by atoms with Crippen LogP contribution < -0.4 is 15.0 Å². The summed E-state index contributed by atoms with van der Waals surface area (Å²) in [7, 11) is 1.33. The summed E-state index contributed by atoms with van der Waals surface area (Å²) in [6, 6.07) is 8.01. The molecule has 0 unspecified atom stereocenters. The summed E-state index contributed by atoms with van der Waals surface area (Å²) in [4.78, 5) is 29.8. The fourth-order valence-corrected chi connectivity index (χ4v) is 4.00. The molecule has 9 heteroatoms. The van der Waals surface area contributed by atoms with Crippen molar-refractivity contribution in [2.24, 2.45) is 5.92 Å². The number of pyridine rings is 1. The summed E-state index contributed by atoms with van der Waals surface area (Å²) in [6.45, 7) is 4.05. The highest BCUT2D eigenvalue weighted by atomic mass is 19.3. The molecule has 0 saturated heterocycles. The van der Waals surface area contributed by atoms with Gasteiger partial charge in [-0.05, 0) is 36.3 Å². The number of carbonyl (C=O) groups is 2. The molecule has 0 aliphatic heterocycles. The van der Waals surface area contributed by atoms with Crippen LogP contribution in [0.5, 0.6) is 5.75 Å². The number of nitrogens with zero attached hydrogens (tertiary/aromatic N) is 2. The highest BCUT2D eigenvalue weighted by Gasteiger charge is 2.39. The van der Waals surface area contributed by atoms with Crippen LogP contribution in [0, 0.1) is 5.92 Å². The highest BCUT2D eigenvalue weighted by molar-refractivity contribution is 6.03. The Bertz CT molecular complexity index is 977. The van der Waals surface area contributed by atoms with Gasteiger partial charge in [-0.15, -0.1) is 0 Å². The number of carbonyl (C=O) groups excluding carboxylic acids is 1. The Hall–Kier alpha value is -3.23. The lowest BCUT2D eigenvalue weighted by molar-refractivity contribution is -0.138. The van der Waals surface area contributed by atoms with Crippen molar-refractivity contribution in [1.82, 2.24) is 4.98 Å². The Balaban J connectivity index is 1.91. The molecule has 7 nitrogen and oxygen atoms in total. The molecule has 2 N–H and O–H groups in total. The number of hydrogen-bond donors (Lipinski definition) is 2. The van der Waals surface area contributed by atoms with Gasteiger partial charge < -0.3 is 15.2 Å². The first-order chi connectivity index (χ1) is 15.2. The van der Waals surface area contributed by atoms with Gasteiger partial charge in [0.25, 0.3) is 6.43 Å². The number of hydrogen-bond acceptors (Lipinski definition) is 4. The number of urea groups is 1. The maximum absolute atomic E-state index is 13.4. The number of alkyl halides is 2. The lowest BCUT2D eigenvalue weighted by Gasteiger charge is -2.43. The van der Waals surface area contributed by atoms with E-state index < -0.39 is 24.1 Å². The molecular weight excluding hydrogens is 420 g/mol. The summed E-state index contributed by atoms with van der Waals surface area (Å²) in [6.07, 6.45) is -0.426.